The van der Waals surface area contributed by atoms with E-state index in [-0.39, 0.29) is 40.2 Å². The quantitative estimate of drug-likeness (QED) is 0.108. The van der Waals surface area contributed by atoms with Crippen LogP contribution in [0.1, 0.15) is 104 Å². The lowest BCUT2D eigenvalue weighted by Gasteiger charge is -2.23. The first-order valence-corrected chi connectivity index (χ1v) is 15.8. The molecule has 44 heavy (non-hydrogen) atoms. The molecule has 0 amide bonds. The molecule has 3 atom stereocenters. The van der Waals surface area contributed by atoms with Crippen LogP contribution in [0.4, 0.5) is 10.2 Å². The molecule has 11 heteroatoms. The number of nitrogens with zero attached hydrogens (tertiary/aromatic N) is 3. The molecule has 3 unspecified atom stereocenters. The van der Waals surface area contributed by atoms with Gasteiger partial charge in [0, 0.05) is 23.5 Å². The Morgan fingerprint density at radius 3 is 2.50 bits per heavy atom. The third kappa shape index (κ3) is 9.82. The van der Waals surface area contributed by atoms with E-state index in [1.807, 2.05) is 31.6 Å². The molecule has 242 valence electrons. The Morgan fingerprint density at radius 2 is 1.84 bits per heavy atom. The number of ether oxygens (including phenoxy) is 2. The van der Waals surface area contributed by atoms with Gasteiger partial charge in [-0.05, 0) is 72.2 Å². The van der Waals surface area contributed by atoms with Crippen molar-refractivity contribution >= 4 is 23.4 Å². The summed E-state index contributed by atoms with van der Waals surface area (Å²) in [5.41, 5.74) is 7.37. The molecule has 9 nitrogen and oxygen atoms in total. The predicted octanol–water partition coefficient (Wildman–Crippen LogP) is 7.78. The monoisotopic (exact) mass is 631 g/mol. The maximum atomic E-state index is 14.0. The predicted molar refractivity (Wildman–Crippen MR) is 172 cm³/mol. The number of benzene rings is 1. The topological polar surface area (TPSA) is 125 Å². The summed E-state index contributed by atoms with van der Waals surface area (Å²) in [7, 11) is 1.80. The summed E-state index contributed by atoms with van der Waals surface area (Å²) in [6.07, 6.45) is 12.6. The van der Waals surface area contributed by atoms with Crippen molar-refractivity contribution in [1.29, 1.82) is 0 Å². The van der Waals surface area contributed by atoms with Crippen molar-refractivity contribution in [2.45, 2.75) is 110 Å². The first-order valence-electron chi connectivity index (χ1n) is 15.4. The maximum absolute atomic E-state index is 14.0. The number of likely N-dealkylation sites (N-methyl/N-ethyl adjacent to an activating group) is 1. The van der Waals surface area contributed by atoms with Crippen LogP contribution < -0.4 is 15.8 Å². The molecule has 0 aliphatic heterocycles. The largest absolute Gasteiger partial charge is 0.507 e. The van der Waals surface area contributed by atoms with Crippen LogP contribution in [0.3, 0.4) is 0 Å². The van der Waals surface area contributed by atoms with E-state index >= 15 is 0 Å². The van der Waals surface area contributed by atoms with Crippen LogP contribution in [0, 0.1) is 5.82 Å². The molecule has 0 aliphatic carbocycles. The molecule has 2 aromatic heterocycles. The number of nitrogens with two attached hydrogens (primary N) is 1. The summed E-state index contributed by atoms with van der Waals surface area (Å²) < 4.78 is 27.5. The lowest BCUT2D eigenvalue weighted by atomic mass is 10.0. The number of rotatable bonds is 16. The number of hydrogen-bond donors (Lipinski definition) is 3. The summed E-state index contributed by atoms with van der Waals surface area (Å²) in [4.78, 5) is 16.7. The van der Waals surface area contributed by atoms with Gasteiger partial charge in [0.1, 0.15) is 29.3 Å². The van der Waals surface area contributed by atoms with Gasteiger partial charge < -0.3 is 25.6 Å². The van der Waals surface area contributed by atoms with Crippen LogP contribution in [0.5, 0.6) is 11.5 Å². The Balaban J connectivity index is 1.59. The number of phenols is 1. The van der Waals surface area contributed by atoms with Crippen molar-refractivity contribution in [3.8, 4) is 22.6 Å². The van der Waals surface area contributed by atoms with E-state index in [0.717, 1.165) is 68.6 Å². The molecule has 0 spiro atoms. The molecule has 2 heterocycles. The highest BCUT2D eigenvalue weighted by Gasteiger charge is 2.24. The fourth-order valence-electron chi connectivity index (χ4n) is 5.16. The average molecular weight is 632 g/mol. The van der Waals surface area contributed by atoms with Crippen LogP contribution in [0.15, 0.2) is 36.8 Å². The first-order chi connectivity index (χ1) is 20.8. The lowest BCUT2D eigenvalue weighted by Crippen LogP contribution is -2.39. The number of halogens is 2. The van der Waals surface area contributed by atoms with Gasteiger partial charge in [0.15, 0.2) is 11.6 Å². The summed E-state index contributed by atoms with van der Waals surface area (Å²) in [6, 6.07) is 4.07. The third-order valence-electron chi connectivity index (χ3n) is 7.45. The second-order valence-corrected chi connectivity index (χ2v) is 12.6. The highest BCUT2D eigenvalue weighted by atomic mass is 35.5. The molecule has 0 fully saturated rings. The minimum atomic E-state index is -0.782. The van der Waals surface area contributed by atoms with Crippen LogP contribution in [-0.4, -0.2) is 44.5 Å². The highest BCUT2D eigenvalue weighted by Crippen LogP contribution is 2.38. The van der Waals surface area contributed by atoms with Crippen LogP contribution >= 0.6 is 11.6 Å². The number of hydrogen-bond acceptors (Lipinski definition) is 8. The number of pyridine rings is 1. The molecule has 4 N–H and O–H groups in total. The molecule has 0 saturated heterocycles. The van der Waals surface area contributed by atoms with Gasteiger partial charge >= 0.3 is 5.97 Å². The number of aromatic hydroxyl groups is 1. The maximum Gasteiger partial charge on any atom is 0.323 e. The van der Waals surface area contributed by atoms with Crippen molar-refractivity contribution in [1.82, 2.24) is 20.1 Å². The van der Waals surface area contributed by atoms with Gasteiger partial charge in [-0.25, -0.2) is 9.37 Å². The summed E-state index contributed by atoms with van der Waals surface area (Å²) in [5.74, 6) is -0.560. The summed E-state index contributed by atoms with van der Waals surface area (Å²) in [5, 5.41) is 17.8. The van der Waals surface area contributed by atoms with Crippen molar-refractivity contribution in [3.63, 3.8) is 0 Å². The van der Waals surface area contributed by atoms with E-state index in [4.69, 9.17) is 26.8 Å². The molecular formula is C33H47ClFN5O4. The molecule has 0 saturated carbocycles. The van der Waals surface area contributed by atoms with Crippen LogP contribution in [0.2, 0.25) is 5.02 Å². The van der Waals surface area contributed by atoms with Crippen molar-refractivity contribution in [3.05, 3.63) is 53.2 Å². The molecule has 3 rings (SSSR count). The second-order valence-electron chi connectivity index (χ2n) is 12.2. The Kier molecular flexibility index (Phi) is 12.8. The van der Waals surface area contributed by atoms with Gasteiger partial charge in [0.05, 0.1) is 22.8 Å². The zero-order valence-corrected chi connectivity index (χ0v) is 27.5. The number of phenolic OH excluding ortho intramolecular Hbond substituents is 1. The number of carbonyl (C=O) groups excluding carboxylic acids is 1. The number of anilines is 1. The van der Waals surface area contributed by atoms with Crippen molar-refractivity contribution in [2.75, 3.05) is 12.8 Å². The van der Waals surface area contributed by atoms with Crippen LogP contribution in [-0.2, 0) is 9.53 Å². The Morgan fingerprint density at radius 1 is 1.14 bits per heavy atom. The van der Waals surface area contributed by atoms with Gasteiger partial charge in [-0.15, -0.1) is 0 Å². The number of nitrogens with one attached hydrogen (secondary N) is 1. The van der Waals surface area contributed by atoms with E-state index in [1.54, 1.807) is 32.4 Å². The Bertz CT molecular complexity index is 1380. The van der Waals surface area contributed by atoms with E-state index < -0.39 is 17.5 Å². The van der Waals surface area contributed by atoms with E-state index in [0.29, 0.717) is 5.75 Å². The molecule has 0 bridgehead atoms. The van der Waals surface area contributed by atoms with Gasteiger partial charge in [-0.1, -0.05) is 50.6 Å². The van der Waals surface area contributed by atoms with Gasteiger partial charge in [0.2, 0.25) is 0 Å². The molecule has 3 aromatic rings. The fraction of sp³-hybridized carbons (Fsp3) is 0.545. The van der Waals surface area contributed by atoms with E-state index in [1.165, 1.54) is 6.07 Å². The smallest absolute Gasteiger partial charge is 0.323 e. The second kappa shape index (κ2) is 16.1. The number of esters is 1. The number of unbranched alkanes of at least 4 members (excludes halogenated alkanes) is 3. The third-order valence-corrected chi connectivity index (χ3v) is 7.84. The summed E-state index contributed by atoms with van der Waals surface area (Å²) >= 11 is 6.10. The highest BCUT2D eigenvalue weighted by molar-refractivity contribution is 6.31. The van der Waals surface area contributed by atoms with Crippen molar-refractivity contribution < 1.29 is 23.8 Å². The molecular weight excluding hydrogens is 585 g/mol. The van der Waals surface area contributed by atoms with E-state index in [2.05, 4.69) is 22.3 Å². The van der Waals surface area contributed by atoms with Gasteiger partial charge in [-0.3, -0.25) is 9.48 Å². The fourth-order valence-corrected chi connectivity index (χ4v) is 5.48. The average Bonchev–Trinajstić information content (AvgIpc) is 3.44. The number of carbonyl (C=O) groups is 1. The zero-order chi connectivity index (χ0) is 32.4. The molecule has 0 radical (unpaired) electrons. The van der Waals surface area contributed by atoms with Crippen molar-refractivity contribution in [2.24, 2.45) is 0 Å². The summed E-state index contributed by atoms with van der Waals surface area (Å²) in [6.45, 7) is 9.47. The minimum absolute atomic E-state index is 0.136. The Labute approximate surface area is 265 Å². The standard InChI is InChI=1S/C33H47ClFN5O4/c1-7-12-24(13-10-8-9-11-14-26(37-6)32(42)44-33(3,4)5)40-20-23(19-39-40)22-17-28(31(36)38-18-22)43-21(2)29-27(41)16-15-25(35)30(29)34/h15-21,24,26,37,41H,7-14H2,1-6H3,(H2,36,38). The lowest BCUT2D eigenvalue weighted by molar-refractivity contribution is -0.157. The van der Waals surface area contributed by atoms with E-state index in [9.17, 15) is 14.3 Å². The van der Waals surface area contributed by atoms with Gasteiger partial charge in [0.25, 0.3) is 0 Å². The SMILES string of the molecule is CCCC(CCCCCCC(NC)C(=O)OC(C)(C)C)n1cc(-c2cnc(N)c(OC(C)c3c(O)ccc(F)c3Cl)c2)cn1. The molecule has 1 aromatic carbocycles. The number of aromatic nitrogens is 3. The normalized spacial score (nSPS) is 13.8. The number of nitrogen functional groups attached to an aromatic ring is 1. The van der Waals surface area contributed by atoms with Gasteiger partial charge in [-0.2, -0.15) is 5.10 Å². The Hall–Kier alpha value is -3.37. The molecule has 0 aliphatic rings. The van der Waals surface area contributed by atoms with Crippen LogP contribution in [0.25, 0.3) is 11.1 Å². The zero-order valence-electron chi connectivity index (χ0n) is 26.7. The minimum Gasteiger partial charge on any atom is -0.507 e. The first kappa shape index (κ1) is 35.1.